The van der Waals surface area contributed by atoms with Gasteiger partial charge in [-0.1, -0.05) is 6.07 Å². The number of pyridine rings is 2. The third-order valence-corrected chi connectivity index (χ3v) is 7.51. The molecule has 0 aromatic carbocycles. The van der Waals surface area contributed by atoms with Crippen LogP contribution in [0.25, 0.3) is 0 Å². The second-order valence-corrected chi connectivity index (χ2v) is 10.6. The van der Waals surface area contributed by atoms with Crippen molar-refractivity contribution >= 4 is 36.0 Å². The SMILES string of the molecule is CN1c2nc(NCc3ccc(Oc4ccc(C(F)(F)F)nc4)nc3)nc3c2N(CCC3)C(=O)[C@]1(C)[C@@](C)(O)S. The van der Waals surface area contributed by atoms with E-state index in [4.69, 9.17) is 4.74 Å². The average Bonchev–Trinajstić information content (AvgIpc) is 2.89. The number of halogens is 3. The molecule has 0 fully saturated rings. The van der Waals surface area contributed by atoms with Gasteiger partial charge in [-0.15, -0.1) is 12.6 Å². The van der Waals surface area contributed by atoms with Crippen molar-refractivity contribution in [2.75, 3.05) is 28.7 Å². The van der Waals surface area contributed by atoms with Crippen LogP contribution in [0.5, 0.6) is 11.6 Å². The summed E-state index contributed by atoms with van der Waals surface area (Å²) in [4.78, 5) is 32.0. The van der Waals surface area contributed by atoms with E-state index in [1.54, 1.807) is 42.1 Å². The van der Waals surface area contributed by atoms with Gasteiger partial charge in [-0.2, -0.15) is 18.2 Å². The number of carbonyl (C=O) groups excluding carboxylic acids is 1. The first-order valence-electron chi connectivity index (χ1n) is 12.1. The summed E-state index contributed by atoms with van der Waals surface area (Å²) in [6, 6.07) is 5.35. The highest BCUT2D eigenvalue weighted by molar-refractivity contribution is 7.81. The first-order valence-corrected chi connectivity index (χ1v) is 12.5. The molecule has 2 aliphatic heterocycles. The van der Waals surface area contributed by atoms with Gasteiger partial charge in [0.2, 0.25) is 11.8 Å². The fraction of sp³-hybridized carbons (Fsp3) is 0.400. The number of rotatable bonds is 6. The fourth-order valence-corrected chi connectivity index (χ4v) is 4.84. The third kappa shape index (κ3) is 4.82. The van der Waals surface area contributed by atoms with Crippen molar-refractivity contribution in [3.8, 4) is 11.6 Å². The summed E-state index contributed by atoms with van der Waals surface area (Å²) in [6.45, 7) is 3.95. The Labute approximate surface area is 227 Å². The first kappa shape index (κ1) is 26.9. The minimum absolute atomic E-state index is 0.127. The van der Waals surface area contributed by atoms with E-state index in [-0.39, 0.29) is 17.5 Å². The molecule has 2 N–H and O–H groups in total. The van der Waals surface area contributed by atoms with Gasteiger partial charge in [0, 0.05) is 32.4 Å². The predicted molar refractivity (Wildman–Crippen MR) is 140 cm³/mol. The number of aliphatic hydroxyl groups is 1. The molecule has 206 valence electrons. The van der Waals surface area contributed by atoms with Gasteiger partial charge in [0.05, 0.1) is 11.9 Å². The molecule has 14 heteroatoms. The smallest absolute Gasteiger partial charge is 0.433 e. The van der Waals surface area contributed by atoms with Gasteiger partial charge in [-0.25, -0.2) is 15.0 Å². The van der Waals surface area contributed by atoms with Crippen LogP contribution < -0.4 is 19.9 Å². The summed E-state index contributed by atoms with van der Waals surface area (Å²) in [5, 5.41) is 14.0. The molecule has 0 saturated carbocycles. The average molecular weight is 562 g/mol. The van der Waals surface area contributed by atoms with Crippen LogP contribution in [0.4, 0.5) is 30.6 Å². The lowest BCUT2D eigenvalue weighted by molar-refractivity contribution is -0.141. The van der Waals surface area contributed by atoms with Crippen LogP contribution in [0, 0.1) is 0 Å². The highest BCUT2D eigenvalue weighted by atomic mass is 32.1. The largest absolute Gasteiger partial charge is 0.437 e. The Morgan fingerprint density at radius 2 is 1.95 bits per heavy atom. The molecular weight excluding hydrogens is 535 g/mol. The number of hydrogen-bond acceptors (Lipinski definition) is 10. The van der Waals surface area contributed by atoms with Crippen molar-refractivity contribution in [3.63, 3.8) is 0 Å². The Kier molecular flexibility index (Phi) is 6.58. The molecule has 5 heterocycles. The van der Waals surface area contributed by atoms with Crippen molar-refractivity contribution in [1.29, 1.82) is 0 Å². The Morgan fingerprint density at radius 3 is 2.56 bits per heavy atom. The number of aromatic nitrogens is 4. The molecule has 0 aliphatic carbocycles. The normalized spacial score (nSPS) is 20.4. The van der Waals surface area contributed by atoms with Crippen LogP contribution in [0.3, 0.4) is 0 Å². The van der Waals surface area contributed by atoms with Gasteiger partial charge in [0.1, 0.15) is 22.1 Å². The topological polar surface area (TPSA) is 117 Å². The van der Waals surface area contributed by atoms with Gasteiger partial charge in [0.15, 0.2) is 11.4 Å². The molecule has 2 aliphatic rings. The Bertz CT molecular complexity index is 1400. The second-order valence-electron chi connectivity index (χ2n) is 9.72. The maximum atomic E-state index is 13.4. The van der Waals surface area contributed by atoms with E-state index in [2.05, 4.69) is 37.9 Å². The molecule has 0 bridgehead atoms. The summed E-state index contributed by atoms with van der Waals surface area (Å²) < 4.78 is 43.5. The van der Waals surface area contributed by atoms with E-state index in [1.807, 2.05) is 0 Å². The Balaban J connectivity index is 1.32. The summed E-state index contributed by atoms with van der Waals surface area (Å²) in [5.41, 5.74) is -0.201. The minimum atomic E-state index is -4.52. The molecule has 39 heavy (non-hydrogen) atoms. The molecule has 0 saturated heterocycles. The van der Waals surface area contributed by atoms with E-state index in [0.717, 1.165) is 29.9 Å². The lowest BCUT2D eigenvalue weighted by Crippen LogP contribution is -2.70. The number of ether oxygens (including phenoxy) is 1. The summed E-state index contributed by atoms with van der Waals surface area (Å²) in [7, 11) is 1.70. The summed E-state index contributed by atoms with van der Waals surface area (Å²) >= 11 is 4.33. The molecule has 0 spiro atoms. The molecule has 3 aromatic rings. The van der Waals surface area contributed by atoms with Crippen molar-refractivity contribution in [2.45, 2.75) is 49.9 Å². The molecular formula is C25H26F3N7O3S. The van der Waals surface area contributed by atoms with Gasteiger partial charge in [-0.3, -0.25) is 4.79 Å². The molecule has 0 unspecified atom stereocenters. The van der Waals surface area contributed by atoms with Gasteiger partial charge in [-0.05, 0) is 44.4 Å². The summed E-state index contributed by atoms with van der Waals surface area (Å²) in [6.07, 6.45) is -0.572. The zero-order valence-electron chi connectivity index (χ0n) is 21.3. The van der Waals surface area contributed by atoms with E-state index in [1.165, 1.54) is 13.0 Å². The number of alkyl halides is 3. The van der Waals surface area contributed by atoms with Crippen LogP contribution in [-0.2, 0) is 23.9 Å². The number of hydrogen-bond donors (Lipinski definition) is 3. The number of likely N-dealkylation sites (N-methyl/N-ethyl adjacent to an activating group) is 1. The van der Waals surface area contributed by atoms with Crippen molar-refractivity contribution in [1.82, 2.24) is 19.9 Å². The number of nitrogens with zero attached hydrogens (tertiary/aromatic N) is 6. The standard InChI is InChI=1S/C25H26F3N7O3S/c1-23(24(2,37)39)21(36)35-10-4-5-16-19(35)20(34(23)3)33-22(32-16)31-12-14-6-9-18(30-11-14)38-15-7-8-17(29-13-15)25(26,27)28/h6-9,11,13,37,39H,4-5,10,12H2,1-3H3,(H,31,32,33)/t23-,24+/m1/s1. The lowest BCUT2D eigenvalue weighted by Gasteiger charge is -2.52. The van der Waals surface area contributed by atoms with E-state index in [0.29, 0.717) is 37.0 Å². The van der Waals surface area contributed by atoms with Gasteiger partial charge >= 0.3 is 6.18 Å². The molecule has 10 nitrogen and oxygen atoms in total. The molecule has 0 radical (unpaired) electrons. The van der Waals surface area contributed by atoms with Crippen LogP contribution in [-0.4, -0.2) is 55.0 Å². The molecule has 2 atom stereocenters. The minimum Gasteiger partial charge on any atom is -0.437 e. The van der Waals surface area contributed by atoms with Gasteiger partial charge in [0.25, 0.3) is 5.91 Å². The maximum Gasteiger partial charge on any atom is 0.433 e. The number of amides is 1. The Morgan fingerprint density at radius 1 is 1.18 bits per heavy atom. The fourth-order valence-electron chi connectivity index (χ4n) is 4.60. The third-order valence-electron chi connectivity index (χ3n) is 7.07. The van der Waals surface area contributed by atoms with E-state index >= 15 is 0 Å². The molecule has 1 amide bonds. The van der Waals surface area contributed by atoms with E-state index in [9.17, 15) is 23.1 Å². The summed E-state index contributed by atoms with van der Waals surface area (Å²) in [5.74, 6) is 0.930. The number of thiol groups is 1. The van der Waals surface area contributed by atoms with Gasteiger partial charge < -0.3 is 25.0 Å². The van der Waals surface area contributed by atoms with Crippen molar-refractivity contribution in [2.24, 2.45) is 0 Å². The molecule has 5 rings (SSSR count). The number of anilines is 3. The predicted octanol–water partition coefficient (Wildman–Crippen LogP) is 3.82. The molecule has 3 aromatic heterocycles. The van der Waals surface area contributed by atoms with Crippen LogP contribution >= 0.6 is 12.6 Å². The number of aryl methyl sites for hydroxylation is 1. The Hall–Kier alpha value is -3.65. The number of nitrogens with one attached hydrogen (secondary N) is 1. The second kappa shape index (κ2) is 9.52. The lowest BCUT2D eigenvalue weighted by atomic mass is 9.87. The number of carbonyl (C=O) groups is 1. The van der Waals surface area contributed by atoms with Crippen molar-refractivity contribution < 1.29 is 27.8 Å². The maximum absolute atomic E-state index is 13.4. The zero-order chi connectivity index (χ0) is 28.2. The van der Waals surface area contributed by atoms with Crippen LogP contribution in [0.15, 0.2) is 36.7 Å². The zero-order valence-corrected chi connectivity index (χ0v) is 22.2. The quantitative estimate of drug-likeness (QED) is 0.305. The van der Waals surface area contributed by atoms with Crippen LogP contribution in [0.2, 0.25) is 0 Å². The van der Waals surface area contributed by atoms with Crippen molar-refractivity contribution in [3.05, 3.63) is 53.6 Å². The highest BCUT2D eigenvalue weighted by Crippen LogP contribution is 2.47. The monoisotopic (exact) mass is 561 g/mol. The van der Waals surface area contributed by atoms with Crippen LogP contribution in [0.1, 0.15) is 37.2 Å². The highest BCUT2D eigenvalue weighted by Gasteiger charge is 2.57. The first-order chi connectivity index (χ1) is 18.3. The van der Waals surface area contributed by atoms with E-state index < -0.39 is 22.3 Å².